The molecule has 1 amide bonds. The van der Waals surface area contributed by atoms with E-state index in [-0.39, 0.29) is 5.91 Å². The summed E-state index contributed by atoms with van der Waals surface area (Å²) in [6.07, 6.45) is 1.69. The molecule has 1 aromatic heterocycles. The van der Waals surface area contributed by atoms with Crippen LogP contribution < -0.4 is 5.32 Å². The lowest BCUT2D eigenvalue weighted by Gasteiger charge is -2.07. The van der Waals surface area contributed by atoms with Gasteiger partial charge in [0, 0.05) is 22.7 Å². The Labute approximate surface area is 118 Å². The van der Waals surface area contributed by atoms with E-state index in [1.807, 2.05) is 13.1 Å². The number of nitrogens with zero attached hydrogens (tertiary/aromatic N) is 2. The van der Waals surface area contributed by atoms with Crippen molar-refractivity contribution < 1.29 is 4.79 Å². The maximum absolute atomic E-state index is 12.0. The highest BCUT2D eigenvalue weighted by Crippen LogP contribution is 2.21. The Morgan fingerprint density at radius 1 is 1.50 bits per heavy atom. The molecule has 0 bridgehead atoms. The van der Waals surface area contributed by atoms with E-state index < -0.39 is 0 Å². The van der Waals surface area contributed by atoms with Gasteiger partial charge in [0.25, 0.3) is 5.91 Å². The summed E-state index contributed by atoms with van der Waals surface area (Å²) >= 11 is 9.20. The second-order valence-corrected chi connectivity index (χ2v) is 5.04. The summed E-state index contributed by atoms with van der Waals surface area (Å²) in [4.78, 5) is 12.0. The average molecular weight is 329 g/mol. The summed E-state index contributed by atoms with van der Waals surface area (Å²) < 4.78 is 2.43. The summed E-state index contributed by atoms with van der Waals surface area (Å²) in [5.74, 6) is -0.175. The molecule has 1 aromatic carbocycles. The highest BCUT2D eigenvalue weighted by Gasteiger charge is 2.10. The van der Waals surface area contributed by atoms with E-state index in [0.29, 0.717) is 17.1 Å². The summed E-state index contributed by atoms with van der Waals surface area (Å²) in [7, 11) is 1.83. The van der Waals surface area contributed by atoms with Gasteiger partial charge in [0.05, 0.1) is 17.8 Å². The topological polar surface area (TPSA) is 46.9 Å². The largest absolute Gasteiger partial charge is 0.346 e. The quantitative estimate of drug-likeness (QED) is 0.942. The van der Waals surface area contributed by atoms with E-state index in [1.165, 1.54) is 0 Å². The molecule has 0 atom stereocenters. The molecule has 0 spiro atoms. The van der Waals surface area contributed by atoms with Crippen LogP contribution in [-0.2, 0) is 13.6 Å². The fraction of sp³-hybridized carbons (Fsp3) is 0.167. The van der Waals surface area contributed by atoms with Crippen LogP contribution in [0.3, 0.4) is 0 Å². The fourth-order valence-corrected chi connectivity index (χ4v) is 2.11. The number of amides is 1. The minimum atomic E-state index is -0.175. The molecule has 1 N–H and O–H groups in total. The van der Waals surface area contributed by atoms with Gasteiger partial charge in [-0.25, -0.2) is 0 Å². The molecule has 4 nitrogen and oxygen atoms in total. The van der Waals surface area contributed by atoms with Gasteiger partial charge >= 0.3 is 0 Å². The van der Waals surface area contributed by atoms with Gasteiger partial charge in [-0.1, -0.05) is 11.6 Å². The van der Waals surface area contributed by atoms with Crippen LogP contribution in [0.5, 0.6) is 0 Å². The predicted molar refractivity (Wildman–Crippen MR) is 73.5 cm³/mol. The summed E-state index contributed by atoms with van der Waals surface area (Å²) in [5, 5.41) is 7.39. The molecular weight excluding hydrogens is 318 g/mol. The monoisotopic (exact) mass is 327 g/mol. The highest BCUT2D eigenvalue weighted by atomic mass is 79.9. The van der Waals surface area contributed by atoms with Gasteiger partial charge in [-0.15, -0.1) is 0 Å². The lowest BCUT2D eigenvalue weighted by Crippen LogP contribution is -2.24. The van der Waals surface area contributed by atoms with Crippen LogP contribution in [0.15, 0.2) is 34.9 Å². The zero-order valence-electron chi connectivity index (χ0n) is 9.65. The van der Waals surface area contributed by atoms with Gasteiger partial charge in [-0.05, 0) is 40.2 Å². The number of aromatic nitrogens is 2. The molecule has 0 fully saturated rings. The molecular formula is C12H11BrClN3O. The molecule has 18 heavy (non-hydrogen) atoms. The Kier molecular flexibility index (Phi) is 4.04. The van der Waals surface area contributed by atoms with Crippen molar-refractivity contribution in [2.75, 3.05) is 0 Å². The lowest BCUT2D eigenvalue weighted by molar-refractivity contribution is 0.0949. The number of halogens is 2. The van der Waals surface area contributed by atoms with E-state index in [9.17, 15) is 4.79 Å². The van der Waals surface area contributed by atoms with Crippen LogP contribution in [0.4, 0.5) is 0 Å². The fourth-order valence-electron chi connectivity index (χ4n) is 1.51. The molecule has 0 saturated carbocycles. The molecule has 6 heteroatoms. The average Bonchev–Trinajstić information content (AvgIpc) is 2.75. The number of aryl methyl sites for hydroxylation is 1. The SMILES string of the molecule is Cn1nccc1CNC(=O)c1cc(Cl)ccc1Br. The van der Waals surface area contributed by atoms with Gasteiger partial charge in [0.15, 0.2) is 0 Å². The molecule has 0 unspecified atom stereocenters. The van der Waals surface area contributed by atoms with E-state index >= 15 is 0 Å². The van der Waals surface area contributed by atoms with Gasteiger partial charge in [-0.3, -0.25) is 9.48 Å². The maximum atomic E-state index is 12.0. The number of benzene rings is 1. The van der Waals surface area contributed by atoms with Crippen LogP contribution in [-0.4, -0.2) is 15.7 Å². The molecule has 0 aliphatic carbocycles. The molecule has 94 valence electrons. The number of rotatable bonds is 3. The zero-order valence-corrected chi connectivity index (χ0v) is 12.0. The van der Waals surface area contributed by atoms with Crippen molar-refractivity contribution in [1.29, 1.82) is 0 Å². The molecule has 0 saturated heterocycles. The third-order valence-electron chi connectivity index (χ3n) is 2.53. The predicted octanol–water partition coefficient (Wildman–Crippen LogP) is 2.77. The Morgan fingerprint density at radius 3 is 2.94 bits per heavy atom. The van der Waals surface area contributed by atoms with Gasteiger partial charge in [0.2, 0.25) is 0 Å². The number of carbonyl (C=O) groups is 1. The van der Waals surface area contributed by atoms with Crippen molar-refractivity contribution in [3.63, 3.8) is 0 Å². The third kappa shape index (κ3) is 2.91. The number of hydrogen-bond acceptors (Lipinski definition) is 2. The number of nitrogens with one attached hydrogen (secondary N) is 1. The van der Waals surface area contributed by atoms with E-state index in [2.05, 4.69) is 26.3 Å². The van der Waals surface area contributed by atoms with Gasteiger partial charge < -0.3 is 5.32 Å². The molecule has 1 heterocycles. The molecule has 0 radical (unpaired) electrons. The maximum Gasteiger partial charge on any atom is 0.252 e. The Bertz CT molecular complexity index is 582. The summed E-state index contributed by atoms with van der Waals surface area (Å²) in [6.45, 7) is 0.425. The Hall–Kier alpha value is -1.33. The smallest absolute Gasteiger partial charge is 0.252 e. The van der Waals surface area contributed by atoms with Crippen molar-refractivity contribution >= 4 is 33.4 Å². The first-order valence-corrected chi connectivity index (χ1v) is 6.45. The van der Waals surface area contributed by atoms with Crippen LogP contribution in [0.25, 0.3) is 0 Å². The normalized spacial score (nSPS) is 10.4. The zero-order chi connectivity index (χ0) is 13.1. The second-order valence-electron chi connectivity index (χ2n) is 3.75. The molecule has 0 aliphatic rings. The van der Waals surface area contributed by atoms with Gasteiger partial charge in [-0.2, -0.15) is 5.10 Å². The van der Waals surface area contributed by atoms with E-state index in [4.69, 9.17) is 11.6 Å². The van der Waals surface area contributed by atoms with Crippen LogP contribution in [0, 0.1) is 0 Å². The first-order valence-electron chi connectivity index (χ1n) is 5.28. The standard InChI is InChI=1S/C12H11BrClN3O/c1-17-9(4-5-16-17)7-15-12(18)10-6-8(14)2-3-11(10)13/h2-6H,7H2,1H3,(H,15,18). The molecule has 2 rings (SSSR count). The van der Waals surface area contributed by atoms with Gasteiger partial charge in [0.1, 0.15) is 0 Å². The van der Waals surface area contributed by atoms with Crippen LogP contribution in [0.2, 0.25) is 5.02 Å². The number of carbonyl (C=O) groups excluding carboxylic acids is 1. The van der Waals surface area contributed by atoms with Crippen molar-refractivity contribution in [2.24, 2.45) is 7.05 Å². The van der Waals surface area contributed by atoms with E-state index in [0.717, 1.165) is 10.2 Å². The van der Waals surface area contributed by atoms with Crippen molar-refractivity contribution in [2.45, 2.75) is 6.54 Å². The minimum Gasteiger partial charge on any atom is -0.346 e. The first kappa shape index (κ1) is 13.1. The minimum absolute atomic E-state index is 0.175. The second kappa shape index (κ2) is 5.54. The number of hydrogen-bond donors (Lipinski definition) is 1. The van der Waals surface area contributed by atoms with Crippen molar-refractivity contribution in [3.8, 4) is 0 Å². The Balaban J connectivity index is 2.08. The molecule has 0 aliphatic heterocycles. The lowest BCUT2D eigenvalue weighted by atomic mass is 10.2. The third-order valence-corrected chi connectivity index (χ3v) is 3.45. The summed E-state index contributed by atoms with van der Waals surface area (Å²) in [6, 6.07) is 6.96. The Morgan fingerprint density at radius 2 is 2.28 bits per heavy atom. The molecule has 2 aromatic rings. The highest BCUT2D eigenvalue weighted by molar-refractivity contribution is 9.10. The first-order chi connectivity index (χ1) is 8.58. The van der Waals surface area contributed by atoms with Crippen LogP contribution in [0.1, 0.15) is 16.1 Å². The summed E-state index contributed by atoms with van der Waals surface area (Å²) in [5.41, 5.74) is 1.45. The van der Waals surface area contributed by atoms with Crippen molar-refractivity contribution in [3.05, 3.63) is 51.2 Å². The van der Waals surface area contributed by atoms with E-state index in [1.54, 1.807) is 29.1 Å². The van der Waals surface area contributed by atoms with Crippen molar-refractivity contribution in [1.82, 2.24) is 15.1 Å². The van der Waals surface area contributed by atoms with Crippen LogP contribution >= 0.6 is 27.5 Å².